The summed E-state index contributed by atoms with van der Waals surface area (Å²) in [6.07, 6.45) is 0. The average molecular weight is 291 g/mol. The zero-order valence-electron chi connectivity index (χ0n) is 8.18. The number of halogens is 1. The monoisotopic (exact) mass is 290 g/mol. The van der Waals surface area contributed by atoms with Crippen molar-refractivity contribution in [3.8, 4) is 0 Å². The molecule has 0 amide bonds. The van der Waals surface area contributed by atoms with Gasteiger partial charge in [-0.15, -0.1) is 12.6 Å². The van der Waals surface area contributed by atoms with Crippen molar-refractivity contribution < 1.29 is 0 Å². The summed E-state index contributed by atoms with van der Waals surface area (Å²) in [4.78, 5) is 9.99. The van der Waals surface area contributed by atoms with Crippen molar-refractivity contribution in [1.29, 1.82) is 0 Å². The Labute approximate surface area is 106 Å². The van der Waals surface area contributed by atoms with Crippen LogP contribution in [0.2, 0.25) is 0 Å². The molecular formula is C12H7BrN2S. The van der Waals surface area contributed by atoms with E-state index in [1.807, 2.05) is 36.4 Å². The first-order valence-electron chi connectivity index (χ1n) is 4.80. The highest BCUT2D eigenvalue weighted by Crippen LogP contribution is 2.27. The second kappa shape index (κ2) is 3.71. The van der Waals surface area contributed by atoms with Gasteiger partial charge in [0.1, 0.15) is 11.0 Å². The minimum Gasteiger partial charge on any atom is -0.243 e. The molecule has 1 aromatic heterocycles. The van der Waals surface area contributed by atoms with Crippen LogP contribution in [0.4, 0.5) is 0 Å². The summed E-state index contributed by atoms with van der Waals surface area (Å²) >= 11 is 7.88. The molecule has 0 saturated heterocycles. The Morgan fingerprint density at radius 2 is 1.50 bits per heavy atom. The van der Waals surface area contributed by atoms with E-state index >= 15 is 0 Å². The SMILES string of the molecule is Sc1ccc(Br)c2nc3ccccc3nc12. The molecule has 0 spiro atoms. The van der Waals surface area contributed by atoms with E-state index in [2.05, 4.69) is 38.5 Å². The van der Waals surface area contributed by atoms with Gasteiger partial charge in [-0.2, -0.15) is 0 Å². The number of nitrogens with zero attached hydrogens (tertiary/aromatic N) is 2. The van der Waals surface area contributed by atoms with Crippen LogP contribution in [0.1, 0.15) is 0 Å². The molecule has 0 radical (unpaired) electrons. The predicted octanol–water partition coefficient (Wildman–Crippen LogP) is 3.83. The van der Waals surface area contributed by atoms with E-state index in [9.17, 15) is 0 Å². The van der Waals surface area contributed by atoms with Crippen LogP contribution >= 0.6 is 28.6 Å². The third-order valence-electron chi connectivity index (χ3n) is 2.43. The molecule has 0 aliphatic carbocycles. The average Bonchev–Trinajstić information content (AvgIpc) is 2.32. The number of para-hydroxylation sites is 2. The summed E-state index contributed by atoms with van der Waals surface area (Å²) < 4.78 is 0.943. The Morgan fingerprint density at radius 3 is 2.19 bits per heavy atom. The molecule has 0 unspecified atom stereocenters. The van der Waals surface area contributed by atoms with E-state index < -0.39 is 0 Å². The fourth-order valence-corrected chi connectivity index (χ4v) is 2.29. The first-order valence-corrected chi connectivity index (χ1v) is 6.04. The van der Waals surface area contributed by atoms with Crippen molar-refractivity contribution in [3.05, 3.63) is 40.9 Å². The fraction of sp³-hybridized carbons (Fsp3) is 0. The Hall–Kier alpha value is -1.13. The fourth-order valence-electron chi connectivity index (χ4n) is 1.66. The summed E-state index contributed by atoms with van der Waals surface area (Å²) in [7, 11) is 0. The van der Waals surface area contributed by atoms with Gasteiger partial charge in [-0.1, -0.05) is 12.1 Å². The number of aromatic nitrogens is 2. The first kappa shape index (κ1) is 10.1. The lowest BCUT2D eigenvalue weighted by Crippen LogP contribution is -1.89. The van der Waals surface area contributed by atoms with Crippen molar-refractivity contribution in [2.24, 2.45) is 0 Å². The van der Waals surface area contributed by atoms with E-state index in [0.29, 0.717) is 0 Å². The Kier molecular flexibility index (Phi) is 2.33. The van der Waals surface area contributed by atoms with Crippen LogP contribution in [0, 0.1) is 0 Å². The van der Waals surface area contributed by atoms with Crippen molar-refractivity contribution >= 4 is 50.6 Å². The molecular weight excluding hydrogens is 284 g/mol. The van der Waals surface area contributed by atoms with Gasteiger partial charge in [0.05, 0.1) is 11.0 Å². The van der Waals surface area contributed by atoms with Crippen LogP contribution < -0.4 is 0 Å². The predicted molar refractivity (Wildman–Crippen MR) is 72.0 cm³/mol. The van der Waals surface area contributed by atoms with Crippen molar-refractivity contribution in [1.82, 2.24) is 9.97 Å². The maximum absolute atomic E-state index is 4.58. The Morgan fingerprint density at radius 1 is 0.875 bits per heavy atom. The largest absolute Gasteiger partial charge is 0.243 e. The van der Waals surface area contributed by atoms with E-state index in [0.717, 1.165) is 31.4 Å². The molecule has 78 valence electrons. The second-order valence-corrected chi connectivity index (χ2v) is 4.81. The molecule has 0 bridgehead atoms. The van der Waals surface area contributed by atoms with E-state index in [-0.39, 0.29) is 0 Å². The van der Waals surface area contributed by atoms with E-state index in [1.54, 1.807) is 0 Å². The second-order valence-electron chi connectivity index (χ2n) is 3.48. The number of hydrogen-bond acceptors (Lipinski definition) is 3. The Balaban J connectivity index is 2.56. The zero-order chi connectivity index (χ0) is 11.1. The standard InChI is InChI=1S/C12H7BrN2S/c13-7-5-6-10(16)12-11(7)14-8-3-1-2-4-9(8)15-12/h1-6,16H. The lowest BCUT2D eigenvalue weighted by atomic mass is 10.2. The third-order valence-corrected chi connectivity index (χ3v) is 3.43. The van der Waals surface area contributed by atoms with Crippen LogP contribution in [0.25, 0.3) is 22.1 Å². The van der Waals surface area contributed by atoms with Crippen LogP contribution in [0.3, 0.4) is 0 Å². The summed E-state index contributed by atoms with van der Waals surface area (Å²) in [6.45, 7) is 0. The van der Waals surface area contributed by atoms with Crippen molar-refractivity contribution in [2.45, 2.75) is 4.90 Å². The minimum atomic E-state index is 0.830. The van der Waals surface area contributed by atoms with Gasteiger partial charge >= 0.3 is 0 Å². The molecule has 1 heterocycles. The summed E-state index contributed by atoms with van der Waals surface area (Å²) in [5.41, 5.74) is 3.47. The number of rotatable bonds is 0. The summed E-state index contributed by atoms with van der Waals surface area (Å²) in [5.74, 6) is 0. The molecule has 0 atom stereocenters. The zero-order valence-corrected chi connectivity index (χ0v) is 10.7. The molecule has 3 aromatic rings. The van der Waals surface area contributed by atoms with Crippen LogP contribution in [0.15, 0.2) is 45.8 Å². The minimum absolute atomic E-state index is 0.830. The van der Waals surface area contributed by atoms with Gasteiger partial charge in [-0.3, -0.25) is 0 Å². The lowest BCUT2D eigenvalue weighted by molar-refractivity contribution is 1.34. The highest BCUT2D eigenvalue weighted by molar-refractivity contribution is 9.10. The molecule has 4 heteroatoms. The van der Waals surface area contributed by atoms with Gasteiger partial charge in [0, 0.05) is 9.37 Å². The number of benzene rings is 2. The quantitative estimate of drug-likeness (QED) is 0.503. The maximum Gasteiger partial charge on any atom is 0.105 e. The topological polar surface area (TPSA) is 25.8 Å². The van der Waals surface area contributed by atoms with Gasteiger partial charge < -0.3 is 0 Å². The van der Waals surface area contributed by atoms with Gasteiger partial charge in [0.2, 0.25) is 0 Å². The highest BCUT2D eigenvalue weighted by atomic mass is 79.9. The molecule has 0 N–H and O–H groups in total. The molecule has 0 saturated carbocycles. The van der Waals surface area contributed by atoms with Crippen LogP contribution in [0.5, 0.6) is 0 Å². The van der Waals surface area contributed by atoms with E-state index in [4.69, 9.17) is 0 Å². The molecule has 0 aliphatic rings. The molecule has 0 aliphatic heterocycles. The number of fused-ring (bicyclic) bond motifs is 2. The van der Waals surface area contributed by atoms with Crippen LogP contribution in [-0.4, -0.2) is 9.97 Å². The van der Waals surface area contributed by atoms with Gasteiger partial charge in [-0.25, -0.2) is 9.97 Å². The number of hydrogen-bond donors (Lipinski definition) is 1. The normalized spacial score (nSPS) is 11.1. The molecule has 16 heavy (non-hydrogen) atoms. The molecule has 2 nitrogen and oxygen atoms in total. The van der Waals surface area contributed by atoms with Gasteiger partial charge in [0.25, 0.3) is 0 Å². The third kappa shape index (κ3) is 1.49. The van der Waals surface area contributed by atoms with E-state index in [1.165, 1.54) is 0 Å². The molecule has 3 rings (SSSR count). The molecule has 2 aromatic carbocycles. The summed E-state index contributed by atoms with van der Waals surface area (Å²) in [5, 5.41) is 0. The highest BCUT2D eigenvalue weighted by Gasteiger charge is 2.06. The van der Waals surface area contributed by atoms with Gasteiger partial charge in [-0.05, 0) is 40.2 Å². The number of thiol groups is 1. The van der Waals surface area contributed by atoms with Crippen LogP contribution in [-0.2, 0) is 0 Å². The summed E-state index contributed by atoms with van der Waals surface area (Å²) in [6, 6.07) is 11.7. The Bertz CT molecular complexity index is 637. The molecule has 0 fully saturated rings. The van der Waals surface area contributed by atoms with Crippen molar-refractivity contribution in [2.75, 3.05) is 0 Å². The smallest absolute Gasteiger partial charge is 0.105 e. The lowest BCUT2D eigenvalue weighted by Gasteiger charge is -2.04. The van der Waals surface area contributed by atoms with Crippen molar-refractivity contribution in [3.63, 3.8) is 0 Å². The first-order chi connectivity index (χ1) is 7.75. The maximum atomic E-state index is 4.58. The van der Waals surface area contributed by atoms with Gasteiger partial charge in [0.15, 0.2) is 0 Å².